The Bertz CT molecular complexity index is 1410. The molecule has 1 aliphatic rings. The van der Waals surface area contributed by atoms with Crippen LogP contribution in [0.5, 0.6) is 0 Å². The average molecular weight is 413 g/mol. The normalized spacial score (nSPS) is 13.8. The molecule has 1 aromatic carbocycles. The van der Waals surface area contributed by atoms with E-state index in [1.165, 1.54) is 0 Å². The summed E-state index contributed by atoms with van der Waals surface area (Å²) in [5.74, 6) is 2.28. The van der Waals surface area contributed by atoms with Gasteiger partial charge in [-0.15, -0.1) is 10.2 Å². The van der Waals surface area contributed by atoms with Crippen molar-refractivity contribution in [2.45, 2.75) is 31.7 Å². The number of benzene rings is 1. The molecule has 31 heavy (non-hydrogen) atoms. The van der Waals surface area contributed by atoms with Crippen LogP contribution in [0.1, 0.15) is 36.0 Å². The molecule has 4 heterocycles. The highest BCUT2D eigenvalue weighted by atomic mass is 16.5. The Morgan fingerprint density at radius 3 is 3.03 bits per heavy atom. The number of para-hydroxylation sites is 1. The monoisotopic (exact) mass is 413 g/mol. The van der Waals surface area contributed by atoms with Crippen LogP contribution < -0.4 is 5.32 Å². The lowest BCUT2D eigenvalue weighted by molar-refractivity contribution is -0.120. The van der Waals surface area contributed by atoms with Crippen LogP contribution in [0.2, 0.25) is 0 Å². The molecule has 0 unspecified atom stereocenters. The molecule has 6 rings (SSSR count). The minimum absolute atomic E-state index is 0.0726. The lowest BCUT2D eigenvalue weighted by Crippen LogP contribution is -2.25. The number of aromatic amines is 1. The maximum Gasteiger partial charge on any atom is 0.258 e. The number of H-pyrrole nitrogens is 1. The fourth-order valence-electron chi connectivity index (χ4n) is 3.74. The van der Waals surface area contributed by atoms with Gasteiger partial charge >= 0.3 is 0 Å². The van der Waals surface area contributed by atoms with Crippen molar-refractivity contribution in [1.82, 2.24) is 35.0 Å². The standard InChI is InChI=1S/C22H19N7O2/c30-20(10-15-11-23-17-4-2-1-3-16(15)17)24-12-19-27-26-18-9-14(7-8-29(18)19)22-25-21(28-31-22)13-5-6-13/h1-4,7-9,11,13,23H,5-6,10,12H2,(H,24,30). The van der Waals surface area contributed by atoms with Gasteiger partial charge < -0.3 is 14.8 Å². The Morgan fingerprint density at radius 1 is 1.23 bits per heavy atom. The van der Waals surface area contributed by atoms with Gasteiger partial charge in [-0.2, -0.15) is 4.98 Å². The maximum atomic E-state index is 12.5. The Balaban J connectivity index is 1.15. The first-order valence-corrected chi connectivity index (χ1v) is 10.2. The second-order valence-electron chi connectivity index (χ2n) is 7.80. The van der Waals surface area contributed by atoms with Crippen LogP contribution in [-0.2, 0) is 17.8 Å². The van der Waals surface area contributed by atoms with E-state index in [1.807, 2.05) is 53.2 Å². The van der Waals surface area contributed by atoms with Gasteiger partial charge in [0, 0.05) is 34.8 Å². The lowest BCUT2D eigenvalue weighted by Gasteiger charge is -2.04. The molecule has 1 saturated carbocycles. The SMILES string of the molecule is O=C(Cc1c[nH]c2ccccc12)NCc1nnc2cc(-c3nc(C4CC4)no3)ccn12. The van der Waals surface area contributed by atoms with Gasteiger partial charge in [0.25, 0.3) is 5.89 Å². The van der Waals surface area contributed by atoms with Crippen molar-refractivity contribution in [3.8, 4) is 11.5 Å². The van der Waals surface area contributed by atoms with Crippen LogP contribution in [0, 0.1) is 0 Å². The highest BCUT2D eigenvalue weighted by Gasteiger charge is 2.29. The van der Waals surface area contributed by atoms with Crippen molar-refractivity contribution < 1.29 is 9.32 Å². The number of hydrogen-bond donors (Lipinski definition) is 2. The summed E-state index contributed by atoms with van der Waals surface area (Å²) >= 11 is 0. The highest BCUT2D eigenvalue weighted by Crippen LogP contribution is 2.38. The van der Waals surface area contributed by atoms with E-state index >= 15 is 0 Å². The molecule has 1 aliphatic carbocycles. The number of nitrogens with one attached hydrogen (secondary N) is 2. The summed E-state index contributed by atoms with van der Waals surface area (Å²) in [6.45, 7) is 0.286. The highest BCUT2D eigenvalue weighted by molar-refractivity contribution is 5.88. The average Bonchev–Trinajstić information content (AvgIpc) is 3.21. The van der Waals surface area contributed by atoms with Crippen molar-refractivity contribution in [3.63, 3.8) is 0 Å². The van der Waals surface area contributed by atoms with Gasteiger partial charge in [-0.05, 0) is 36.6 Å². The number of hydrogen-bond acceptors (Lipinski definition) is 6. The third-order valence-electron chi connectivity index (χ3n) is 5.58. The number of pyridine rings is 1. The largest absolute Gasteiger partial charge is 0.361 e. The third-order valence-corrected chi connectivity index (χ3v) is 5.58. The number of rotatable bonds is 6. The summed E-state index contributed by atoms with van der Waals surface area (Å²) in [5, 5.41) is 16.5. The van der Waals surface area contributed by atoms with Gasteiger partial charge in [0.15, 0.2) is 17.3 Å². The summed E-state index contributed by atoms with van der Waals surface area (Å²) in [5.41, 5.74) is 3.45. The van der Waals surface area contributed by atoms with Gasteiger partial charge in [0.05, 0.1) is 13.0 Å². The number of aromatic nitrogens is 6. The molecule has 0 spiro atoms. The van der Waals surface area contributed by atoms with Crippen LogP contribution in [0.25, 0.3) is 28.0 Å². The number of carbonyl (C=O) groups is 1. The van der Waals surface area contributed by atoms with E-state index in [0.717, 1.165) is 40.7 Å². The molecule has 0 radical (unpaired) electrons. The summed E-state index contributed by atoms with van der Waals surface area (Å²) in [7, 11) is 0. The van der Waals surface area contributed by atoms with E-state index < -0.39 is 0 Å². The molecule has 0 bridgehead atoms. The van der Waals surface area contributed by atoms with E-state index in [4.69, 9.17) is 4.52 Å². The first-order chi connectivity index (χ1) is 15.2. The van der Waals surface area contributed by atoms with Gasteiger partial charge in [0.1, 0.15) is 0 Å². The molecule has 0 saturated heterocycles. The second-order valence-corrected chi connectivity index (χ2v) is 7.80. The van der Waals surface area contributed by atoms with Gasteiger partial charge in [0.2, 0.25) is 5.91 Å². The number of nitrogens with zero attached hydrogens (tertiary/aromatic N) is 5. The van der Waals surface area contributed by atoms with Crippen LogP contribution >= 0.6 is 0 Å². The van der Waals surface area contributed by atoms with Gasteiger partial charge in [-0.3, -0.25) is 9.20 Å². The van der Waals surface area contributed by atoms with Crippen molar-refractivity contribution in [3.05, 3.63) is 66.0 Å². The molecule has 2 N–H and O–H groups in total. The molecule has 1 fully saturated rings. The van der Waals surface area contributed by atoms with Gasteiger partial charge in [-0.1, -0.05) is 23.4 Å². The first-order valence-electron chi connectivity index (χ1n) is 10.2. The second kappa shape index (κ2) is 7.05. The molecule has 9 nitrogen and oxygen atoms in total. The summed E-state index contributed by atoms with van der Waals surface area (Å²) in [4.78, 5) is 20.1. The zero-order valence-electron chi connectivity index (χ0n) is 16.6. The predicted octanol–water partition coefficient (Wildman–Crippen LogP) is 3.00. The van der Waals surface area contributed by atoms with E-state index in [2.05, 4.69) is 30.6 Å². The summed E-state index contributed by atoms with van der Waals surface area (Å²) in [6, 6.07) is 11.7. The minimum Gasteiger partial charge on any atom is -0.361 e. The van der Waals surface area contributed by atoms with Crippen molar-refractivity contribution in [2.75, 3.05) is 0 Å². The molecule has 0 aliphatic heterocycles. The maximum absolute atomic E-state index is 12.5. The number of fused-ring (bicyclic) bond motifs is 2. The van der Waals surface area contributed by atoms with Crippen LogP contribution in [0.4, 0.5) is 0 Å². The Kier molecular flexibility index (Phi) is 4.05. The molecule has 154 valence electrons. The zero-order valence-corrected chi connectivity index (χ0v) is 16.6. The van der Waals surface area contributed by atoms with Crippen LogP contribution in [0.3, 0.4) is 0 Å². The predicted molar refractivity (Wildman–Crippen MR) is 112 cm³/mol. The lowest BCUT2D eigenvalue weighted by atomic mass is 10.1. The van der Waals surface area contributed by atoms with E-state index in [1.54, 1.807) is 0 Å². The first kappa shape index (κ1) is 17.8. The smallest absolute Gasteiger partial charge is 0.258 e. The Labute approximate surface area is 176 Å². The molecule has 5 aromatic rings. The molecule has 0 atom stereocenters. The number of amides is 1. The quantitative estimate of drug-likeness (QED) is 0.442. The van der Waals surface area contributed by atoms with E-state index in [-0.39, 0.29) is 12.5 Å². The fraction of sp³-hybridized carbons (Fsp3) is 0.227. The summed E-state index contributed by atoms with van der Waals surface area (Å²) in [6.07, 6.45) is 6.28. The molecule has 1 amide bonds. The molecular formula is C22H19N7O2. The molecule has 9 heteroatoms. The topological polar surface area (TPSA) is 114 Å². The van der Waals surface area contributed by atoms with Crippen LogP contribution in [-0.4, -0.2) is 35.6 Å². The van der Waals surface area contributed by atoms with E-state index in [0.29, 0.717) is 29.7 Å². The van der Waals surface area contributed by atoms with Crippen LogP contribution in [0.15, 0.2) is 53.3 Å². The minimum atomic E-state index is -0.0726. The van der Waals surface area contributed by atoms with Crippen molar-refractivity contribution in [2.24, 2.45) is 0 Å². The van der Waals surface area contributed by atoms with E-state index in [9.17, 15) is 4.79 Å². The number of carbonyl (C=O) groups excluding carboxylic acids is 1. The summed E-state index contributed by atoms with van der Waals surface area (Å²) < 4.78 is 7.23. The third kappa shape index (κ3) is 3.33. The Morgan fingerprint density at radius 2 is 2.13 bits per heavy atom. The van der Waals surface area contributed by atoms with Crippen molar-refractivity contribution in [1.29, 1.82) is 0 Å². The van der Waals surface area contributed by atoms with Crippen molar-refractivity contribution >= 4 is 22.5 Å². The molecule has 4 aromatic heterocycles. The fourth-order valence-corrected chi connectivity index (χ4v) is 3.74. The van der Waals surface area contributed by atoms with Gasteiger partial charge in [-0.25, -0.2) is 0 Å². The Hall–Kier alpha value is -4.01. The molecular weight excluding hydrogens is 394 g/mol. The zero-order chi connectivity index (χ0) is 20.8.